The maximum atomic E-state index is 2.96. The van der Waals surface area contributed by atoms with Crippen molar-refractivity contribution < 1.29 is 0 Å². The number of hydrogen-bond acceptors (Lipinski definition) is 3. The maximum Gasteiger partial charge on any atom is 0.131 e. The first-order valence-corrected chi connectivity index (χ1v) is 11.1. The van der Waals surface area contributed by atoms with Crippen molar-refractivity contribution in [3.63, 3.8) is 0 Å². The largest absolute Gasteiger partial charge is 0.273 e. The van der Waals surface area contributed by atoms with Crippen molar-refractivity contribution in [3.05, 3.63) is 0 Å². The quantitative estimate of drug-likeness (QED) is 0.698. The molecule has 1 atom stereocenters. The first-order chi connectivity index (χ1) is 11.8. The Morgan fingerprint density at radius 1 is 0.750 bits per heavy atom. The third-order valence-corrected chi connectivity index (χ3v) is 6.85. The fourth-order valence-electron chi connectivity index (χ4n) is 5.57. The minimum Gasteiger partial charge on any atom is -0.273 e. The van der Waals surface area contributed by atoms with Crippen LogP contribution in [0.3, 0.4) is 0 Å². The monoisotopic (exact) mass is 335 g/mol. The van der Waals surface area contributed by atoms with E-state index in [-0.39, 0.29) is 5.79 Å². The van der Waals surface area contributed by atoms with Gasteiger partial charge in [-0.3, -0.25) is 14.7 Å². The highest BCUT2D eigenvalue weighted by molar-refractivity contribution is 4.96. The van der Waals surface area contributed by atoms with Gasteiger partial charge in [0.1, 0.15) is 5.79 Å². The molecule has 24 heavy (non-hydrogen) atoms. The van der Waals surface area contributed by atoms with E-state index in [2.05, 4.69) is 28.5 Å². The van der Waals surface area contributed by atoms with Crippen molar-refractivity contribution >= 4 is 0 Å². The minimum absolute atomic E-state index is 0.233. The Balaban J connectivity index is 1.93. The van der Waals surface area contributed by atoms with E-state index in [9.17, 15) is 0 Å². The van der Waals surface area contributed by atoms with E-state index in [0.29, 0.717) is 0 Å². The molecule has 3 heteroatoms. The molecular formula is C21H41N3. The van der Waals surface area contributed by atoms with Gasteiger partial charge in [-0.2, -0.15) is 0 Å². The zero-order valence-corrected chi connectivity index (χ0v) is 16.4. The Bertz CT molecular complexity index is 340. The molecule has 0 saturated carbocycles. The lowest BCUT2D eigenvalue weighted by Gasteiger charge is -2.61. The highest BCUT2D eigenvalue weighted by Crippen LogP contribution is 2.39. The number of piperidine rings is 3. The normalized spacial score (nSPS) is 29.0. The minimum atomic E-state index is 0.233. The van der Waals surface area contributed by atoms with Crippen LogP contribution in [0.2, 0.25) is 0 Å². The summed E-state index contributed by atoms with van der Waals surface area (Å²) in [7, 11) is 0. The topological polar surface area (TPSA) is 9.72 Å². The van der Waals surface area contributed by atoms with Crippen LogP contribution in [0, 0.1) is 0 Å². The Morgan fingerprint density at radius 2 is 1.29 bits per heavy atom. The molecule has 0 N–H and O–H groups in total. The summed E-state index contributed by atoms with van der Waals surface area (Å²) in [5.41, 5.74) is 0. The highest BCUT2D eigenvalue weighted by atomic mass is 15.6. The summed E-state index contributed by atoms with van der Waals surface area (Å²) in [5.74, 6) is 0.233. The van der Waals surface area contributed by atoms with Gasteiger partial charge in [-0.25, -0.2) is 0 Å². The van der Waals surface area contributed by atoms with Crippen LogP contribution in [0.15, 0.2) is 0 Å². The molecule has 3 fully saturated rings. The van der Waals surface area contributed by atoms with E-state index in [0.717, 1.165) is 6.04 Å². The standard InChI is InChI=1S/C21H41N3/c1-3-4-14-21(22-15-8-5-9-16-22,23-17-10-6-11-18-23)24-19-12-7-13-20(24)2/h20H,3-19H2,1-2H3. The molecule has 0 bridgehead atoms. The van der Waals surface area contributed by atoms with Gasteiger partial charge < -0.3 is 0 Å². The van der Waals surface area contributed by atoms with Gasteiger partial charge in [0.25, 0.3) is 0 Å². The molecule has 3 rings (SSSR count). The molecule has 0 aromatic carbocycles. The summed E-state index contributed by atoms with van der Waals surface area (Å²) < 4.78 is 0. The number of rotatable bonds is 6. The molecule has 140 valence electrons. The molecular weight excluding hydrogens is 294 g/mol. The predicted octanol–water partition coefficient (Wildman–Crippen LogP) is 4.68. The van der Waals surface area contributed by atoms with Crippen molar-refractivity contribution in [1.29, 1.82) is 0 Å². The van der Waals surface area contributed by atoms with Crippen LogP contribution < -0.4 is 0 Å². The molecule has 0 radical (unpaired) electrons. The van der Waals surface area contributed by atoms with Crippen LogP contribution in [0.5, 0.6) is 0 Å². The zero-order chi connectivity index (χ0) is 16.8. The second-order valence-corrected chi connectivity index (χ2v) is 8.51. The second-order valence-electron chi connectivity index (χ2n) is 8.51. The molecule has 3 aliphatic rings. The Kier molecular flexibility index (Phi) is 7.00. The van der Waals surface area contributed by atoms with Crippen molar-refractivity contribution in [3.8, 4) is 0 Å². The molecule has 3 nitrogen and oxygen atoms in total. The van der Waals surface area contributed by atoms with Crippen LogP contribution in [0.4, 0.5) is 0 Å². The number of hydrogen-bond donors (Lipinski definition) is 0. The Hall–Kier alpha value is -0.120. The number of unbranched alkanes of at least 4 members (excludes halogenated alkanes) is 1. The van der Waals surface area contributed by atoms with Gasteiger partial charge in [-0.05, 0) is 58.3 Å². The van der Waals surface area contributed by atoms with Crippen molar-refractivity contribution in [2.24, 2.45) is 0 Å². The van der Waals surface area contributed by atoms with Crippen LogP contribution in [-0.2, 0) is 0 Å². The van der Waals surface area contributed by atoms with E-state index >= 15 is 0 Å². The van der Waals surface area contributed by atoms with E-state index in [1.807, 2.05) is 0 Å². The Morgan fingerprint density at radius 3 is 1.79 bits per heavy atom. The third-order valence-electron chi connectivity index (χ3n) is 6.85. The van der Waals surface area contributed by atoms with Gasteiger partial charge >= 0.3 is 0 Å². The average Bonchev–Trinajstić information content (AvgIpc) is 2.65. The molecule has 3 heterocycles. The van der Waals surface area contributed by atoms with Crippen LogP contribution in [0.1, 0.15) is 90.9 Å². The highest BCUT2D eigenvalue weighted by Gasteiger charge is 2.48. The van der Waals surface area contributed by atoms with Crippen molar-refractivity contribution in [2.75, 3.05) is 32.7 Å². The van der Waals surface area contributed by atoms with E-state index < -0.39 is 0 Å². The average molecular weight is 336 g/mol. The first-order valence-electron chi connectivity index (χ1n) is 11.1. The predicted molar refractivity (Wildman–Crippen MR) is 103 cm³/mol. The molecule has 0 spiro atoms. The van der Waals surface area contributed by atoms with Gasteiger partial charge in [0, 0.05) is 38.8 Å². The summed E-state index contributed by atoms with van der Waals surface area (Å²) in [4.78, 5) is 8.82. The zero-order valence-electron chi connectivity index (χ0n) is 16.4. The molecule has 0 amide bonds. The summed E-state index contributed by atoms with van der Waals surface area (Å²) in [6.07, 6.45) is 16.8. The van der Waals surface area contributed by atoms with Gasteiger partial charge in [0.05, 0.1) is 0 Å². The Labute approximate surface area is 150 Å². The van der Waals surface area contributed by atoms with E-state index in [4.69, 9.17) is 0 Å². The summed E-state index contributed by atoms with van der Waals surface area (Å²) in [6.45, 7) is 11.5. The molecule has 0 aromatic heterocycles. The number of likely N-dealkylation sites (tertiary alicyclic amines) is 3. The van der Waals surface area contributed by atoms with Crippen LogP contribution >= 0.6 is 0 Å². The van der Waals surface area contributed by atoms with Crippen LogP contribution in [0.25, 0.3) is 0 Å². The SMILES string of the molecule is CCCCC(N1CCCCC1)(N1CCCCC1)N1CCCCC1C. The fraction of sp³-hybridized carbons (Fsp3) is 1.00. The van der Waals surface area contributed by atoms with E-state index in [1.54, 1.807) is 0 Å². The summed E-state index contributed by atoms with van der Waals surface area (Å²) in [6, 6.07) is 0.749. The number of nitrogens with zero attached hydrogens (tertiary/aromatic N) is 3. The summed E-state index contributed by atoms with van der Waals surface area (Å²) in [5, 5.41) is 0. The molecule has 0 aromatic rings. The second kappa shape index (κ2) is 9.00. The molecule has 1 unspecified atom stereocenters. The van der Waals surface area contributed by atoms with Crippen molar-refractivity contribution in [2.45, 2.75) is 103 Å². The summed E-state index contributed by atoms with van der Waals surface area (Å²) >= 11 is 0. The molecule has 3 aliphatic heterocycles. The maximum absolute atomic E-state index is 2.96. The van der Waals surface area contributed by atoms with E-state index in [1.165, 1.54) is 110 Å². The lowest BCUT2D eigenvalue weighted by Crippen LogP contribution is -2.73. The van der Waals surface area contributed by atoms with Gasteiger partial charge in [0.15, 0.2) is 0 Å². The molecule has 3 saturated heterocycles. The van der Waals surface area contributed by atoms with Gasteiger partial charge in [-0.1, -0.05) is 32.6 Å². The van der Waals surface area contributed by atoms with Crippen LogP contribution in [-0.4, -0.2) is 59.3 Å². The van der Waals surface area contributed by atoms with Gasteiger partial charge in [0.2, 0.25) is 0 Å². The first kappa shape index (κ1) is 18.7. The third kappa shape index (κ3) is 3.83. The smallest absolute Gasteiger partial charge is 0.131 e. The fourth-order valence-corrected chi connectivity index (χ4v) is 5.57. The molecule has 0 aliphatic carbocycles. The van der Waals surface area contributed by atoms with Gasteiger partial charge in [-0.15, -0.1) is 0 Å². The van der Waals surface area contributed by atoms with Crippen molar-refractivity contribution in [1.82, 2.24) is 14.7 Å². The lowest BCUT2D eigenvalue weighted by molar-refractivity contribution is -0.204. The lowest BCUT2D eigenvalue weighted by atomic mass is 9.93.